The molecule has 4 rings (SSSR count). The molecule has 7 heteroatoms. The molecule has 1 aliphatic rings. The minimum atomic E-state index is -0.707. The quantitative estimate of drug-likeness (QED) is 0.170. The van der Waals surface area contributed by atoms with E-state index in [-0.39, 0.29) is 24.5 Å². The van der Waals surface area contributed by atoms with Crippen molar-refractivity contribution in [2.24, 2.45) is 0 Å². The largest absolute Gasteiger partial charge is 0.507 e. The summed E-state index contributed by atoms with van der Waals surface area (Å²) >= 11 is 2.20. The lowest BCUT2D eigenvalue weighted by atomic mass is 9.95. The van der Waals surface area contributed by atoms with Gasteiger partial charge >= 0.3 is 0 Å². The van der Waals surface area contributed by atoms with Gasteiger partial charge in [0.25, 0.3) is 11.7 Å². The SMILES string of the molecule is COCCN1C(=O)C(=O)/C(=C(/O)c2ccc(OCc3cccc(C)c3)cc2)C1c1ccc(I)cc1. The molecular weight excluding hydrogens is 557 g/mol. The summed E-state index contributed by atoms with van der Waals surface area (Å²) in [7, 11) is 1.54. The van der Waals surface area contributed by atoms with E-state index >= 15 is 0 Å². The molecule has 0 saturated carbocycles. The third-order valence-electron chi connectivity index (χ3n) is 5.88. The molecule has 1 saturated heterocycles. The minimum Gasteiger partial charge on any atom is -0.507 e. The van der Waals surface area contributed by atoms with Gasteiger partial charge < -0.3 is 19.5 Å². The predicted octanol–water partition coefficient (Wildman–Crippen LogP) is 5.25. The molecule has 180 valence electrons. The van der Waals surface area contributed by atoms with Crippen LogP contribution >= 0.6 is 22.6 Å². The Balaban J connectivity index is 1.63. The average Bonchev–Trinajstić information content (AvgIpc) is 3.11. The molecule has 1 amide bonds. The third kappa shape index (κ3) is 5.57. The van der Waals surface area contributed by atoms with E-state index in [9.17, 15) is 14.7 Å². The summed E-state index contributed by atoms with van der Waals surface area (Å²) < 4.78 is 12.0. The summed E-state index contributed by atoms with van der Waals surface area (Å²) in [4.78, 5) is 27.3. The van der Waals surface area contributed by atoms with Crippen LogP contribution in [0.2, 0.25) is 0 Å². The van der Waals surface area contributed by atoms with Crippen molar-refractivity contribution in [1.29, 1.82) is 0 Å². The van der Waals surface area contributed by atoms with Gasteiger partial charge in [-0.3, -0.25) is 9.59 Å². The van der Waals surface area contributed by atoms with Gasteiger partial charge in [0.05, 0.1) is 18.2 Å². The molecular formula is C28H26INO5. The minimum absolute atomic E-state index is 0.0701. The molecule has 3 aromatic rings. The highest BCUT2D eigenvalue weighted by molar-refractivity contribution is 14.1. The van der Waals surface area contributed by atoms with E-state index in [0.717, 1.165) is 20.3 Å². The number of nitrogens with zero attached hydrogens (tertiary/aromatic N) is 1. The van der Waals surface area contributed by atoms with Crippen molar-refractivity contribution in [2.45, 2.75) is 19.6 Å². The number of aryl methyl sites for hydroxylation is 1. The van der Waals surface area contributed by atoms with Gasteiger partial charge in [-0.2, -0.15) is 0 Å². The molecule has 1 N–H and O–H groups in total. The van der Waals surface area contributed by atoms with Crippen LogP contribution in [0.4, 0.5) is 0 Å². The monoisotopic (exact) mass is 583 g/mol. The summed E-state index contributed by atoms with van der Waals surface area (Å²) in [5.74, 6) is -0.929. The predicted molar refractivity (Wildman–Crippen MR) is 142 cm³/mol. The topological polar surface area (TPSA) is 76.1 Å². The van der Waals surface area contributed by atoms with E-state index < -0.39 is 17.7 Å². The Bertz CT molecular complexity index is 1250. The number of aliphatic hydroxyl groups is 1. The van der Waals surface area contributed by atoms with Crippen molar-refractivity contribution in [1.82, 2.24) is 4.90 Å². The standard InChI is InChI=1S/C28H26INO5/c1-18-4-3-5-19(16-18)17-35-23-12-8-21(9-13-23)26(31)24-25(20-6-10-22(29)11-7-20)30(14-15-34-2)28(33)27(24)32/h3-13,16,25,31H,14-15,17H2,1-2H3/b26-24+. The zero-order valence-corrected chi connectivity index (χ0v) is 21.7. The van der Waals surface area contributed by atoms with Crippen LogP contribution in [0.3, 0.4) is 0 Å². The first-order valence-corrected chi connectivity index (χ1v) is 12.3. The van der Waals surface area contributed by atoms with Gasteiger partial charge in [0.2, 0.25) is 0 Å². The van der Waals surface area contributed by atoms with Crippen LogP contribution in [0.15, 0.2) is 78.4 Å². The van der Waals surface area contributed by atoms with Crippen LogP contribution in [-0.2, 0) is 20.9 Å². The lowest BCUT2D eigenvalue weighted by Crippen LogP contribution is -2.32. The van der Waals surface area contributed by atoms with Crippen molar-refractivity contribution < 1.29 is 24.2 Å². The Kier molecular flexibility index (Phi) is 7.87. The zero-order chi connectivity index (χ0) is 24.9. The molecule has 0 spiro atoms. The molecule has 1 fully saturated rings. The molecule has 1 heterocycles. The highest BCUT2D eigenvalue weighted by Gasteiger charge is 2.45. The first kappa shape index (κ1) is 24.9. The van der Waals surface area contributed by atoms with Gasteiger partial charge in [-0.25, -0.2) is 0 Å². The van der Waals surface area contributed by atoms with Crippen molar-refractivity contribution in [2.75, 3.05) is 20.3 Å². The van der Waals surface area contributed by atoms with Gasteiger partial charge in [0.1, 0.15) is 18.1 Å². The second-order valence-corrected chi connectivity index (χ2v) is 9.58. The van der Waals surface area contributed by atoms with E-state index in [2.05, 4.69) is 28.7 Å². The normalized spacial score (nSPS) is 17.1. The second-order valence-electron chi connectivity index (χ2n) is 8.34. The number of amides is 1. The van der Waals surface area contributed by atoms with Crippen LogP contribution < -0.4 is 4.74 Å². The zero-order valence-electron chi connectivity index (χ0n) is 19.5. The van der Waals surface area contributed by atoms with Crippen molar-refractivity contribution >= 4 is 40.0 Å². The van der Waals surface area contributed by atoms with Crippen LogP contribution in [0.5, 0.6) is 5.75 Å². The number of rotatable bonds is 8. The molecule has 0 bridgehead atoms. The van der Waals surface area contributed by atoms with Crippen molar-refractivity contribution in [3.05, 3.63) is 104 Å². The number of hydrogen-bond donors (Lipinski definition) is 1. The number of carbonyl (C=O) groups is 2. The van der Waals surface area contributed by atoms with E-state index in [1.807, 2.05) is 49.4 Å². The van der Waals surface area contributed by atoms with Gasteiger partial charge in [-0.05, 0) is 77.0 Å². The van der Waals surface area contributed by atoms with E-state index in [4.69, 9.17) is 9.47 Å². The summed E-state index contributed by atoms with van der Waals surface area (Å²) in [6, 6.07) is 21.8. The Labute approximate surface area is 218 Å². The van der Waals surface area contributed by atoms with E-state index in [0.29, 0.717) is 17.9 Å². The molecule has 1 atom stereocenters. The molecule has 1 aliphatic heterocycles. The Morgan fingerprint density at radius 3 is 2.40 bits per heavy atom. The lowest BCUT2D eigenvalue weighted by molar-refractivity contribution is -0.140. The fraction of sp³-hybridized carbons (Fsp3) is 0.214. The fourth-order valence-corrected chi connectivity index (χ4v) is 4.48. The summed E-state index contributed by atoms with van der Waals surface area (Å²) in [5, 5.41) is 11.2. The van der Waals surface area contributed by atoms with Gasteiger partial charge in [-0.1, -0.05) is 42.0 Å². The highest BCUT2D eigenvalue weighted by Crippen LogP contribution is 2.39. The fourth-order valence-electron chi connectivity index (χ4n) is 4.13. The number of Topliss-reactive ketones (excluding diaryl/α,β-unsaturated/α-hetero) is 1. The number of aliphatic hydroxyl groups excluding tert-OH is 1. The molecule has 0 aromatic heterocycles. The van der Waals surface area contributed by atoms with Crippen LogP contribution in [0.25, 0.3) is 5.76 Å². The smallest absolute Gasteiger partial charge is 0.295 e. The first-order valence-electron chi connectivity index (χ1n) is 11.2. The second kappa shape index (κ2) is 11.0. The van der Waals surface area contributed by atoms with Crippen molar-refractivity contribution in [3.8, 4) is 5.75 Å². The number of hydrogen-bond acceptors (Lipinski definition) is 5. The van der Waals surface area contributed by atoms with Crippen LogP contribution in [-0.4, -0.2) is 42.0 Å². The lowest BCUT2D eigenvalue weighted by Gasteiger charge is -2.25. The highest BCUT2D eigenvalue weighted by atomic mass is 127. The molecule has 0 aliphatic carbocycles. The van der Waals surface area contributed by atoms with E-state index in [1.165, 1.54) is 4.90 Å². The third-order valence-corrected chi connectivity index (χ3v) is 6.60. The molecule has 35 heavy (non-hydrogen) atoms. The Morgan fingerprint density at radius 2 is 1.74 bits per heavy atom. The van der Waals surface area contributed by atoms with Gasteiger partial charge in [0.15, 0.2) is 0 Å². The number of likely N-dealkylation sites (tertiary alicyclic amines) is 1. The first-order chi connectivity index (χ1) is 16.9. The maximum Gasteiger partial charge on any atom is 0.295 e. The maximum atomic E-state index is 13.0. The summed E-state index contributed by atoms with van der Waals surface area (Å²) in [6.07, 6.45) is 0. The van der Waals surface area contributed by atoms with Crippen molar-refractivity contribution in [3.63, 3.8) is 0 Å². The number of carbonyl (C=O) groups excluding carboxylic acids is 2. The number of ketones is 1. The van der Waals surface area contributed by atoms with E-state index in [1.54, 1.807) is 31.4 Å². The number of methoxy groups -OCH3 is 1. The number of halogens is 1. The van der Waals surface area contributed by atoms with Gasteiger partial charge in [0, 0.05) is 22.8 Å². The Morgan fingerprint density at radius 1 is 1.03 bits per heavy atom. The summed E-state index contributed by atoms with van der Waals surface area (Å²) in [5.41, 5.74) is 3.48. The molecule has 3 aromatic carbocycles. The van der Waals surface area contributed by atoms with Crippen LogP contribution in [0, 0.1) is 10.5 Å². The number of ether oxygens (including phenoxy) is 2. The van der Waals surface area contributed by atoms with Gasteiger partial charge in [-0.15, -0.1) is 0 Å². The maximum absolute atomic E-state index is 13.0. The summed E-state index contributed by atoms with van der Waals surface area (Å²) in [6.45, 7) is 2.97. The number of benzene rings is 3. The average molecular weight is 583 g/mol. The Hall–Kier alpha value is -3.17. The molecule has 6 nitrogen and oxygen atoms in total. The van der Waals surface area contributed by atoms with Crippen LogP contribution in [0.1, 0.15) is 28.3 Å². The molecule has 0 radical (unpaired) electrons. The molecule has 1 unspecified atom stereocenters.